The summed E-state index contributed by atoms with van der Waals surface area (Å²) in [5.74, 6) is -0.152. The van der Waals surface area contributed by atoms with E-state index < -0.39 is 5.97 Å². The lowest BCUT2D eigenvalue weighted by Crippen LogP contribution is -2.07. The van der Waals surface area contributed by atoms with Gasteiger partial charge < -0.3 is 14.3 Å². The van der Waals surface area contributed by atoms with Gasteiger partial charge in [-0.25, -0.2) is 9.78 Å². The summed E-state index contributed by atoms with van der Waals surface area (Å²) in [7, 11) is 0. The molecule has 0 aliphatic rings. The molecule has 0 saturated carbocycles. The minimum absolute atomic E-state index is 0.0119. The second-order valence-electron chi connectivity index (χ2n) is 3.84. The second-order valence-corrected chi connectivity index (χ2v) is 3.84. The van der Waals surface area contributed by atoms with Gasteiger partial charge in [-0.1, -0.05) is 6.92 Å². The standard InChI is InChI=1S/C12H13N3O4/c1-3-9-14-15-10(19-9)6-18-8-5-4-7(2)13-11(8)12(16)17/h4-5H,3,6H2,1-2H3,(H,16,17). The van der Waals surface area contributed by atoms with Gasteiger partial charge in [0.15, 0.2) is 18.1 Å². The molecule has 0 aromatic carbocycles. The van der Waals surface area contributed by atoms with Crippen molar-refractivity contribution in [3.05, 3.63) is 35.3 Å². The summed E-state index contributed by atoms with van der Waals surface area (Å²) in [6.07, 6.45) is 0.638. The van der Waals surface area contributed by atoms with E-state index in [1.54, 1.807) is 19.1 Å². The van der Waals surface area contributed by atoms with Crippen molar-refractivity contribution in [2.24, 2.45) is 0 Å². The van der Waals surface area contributed by atoms with Crippen molar-refractivity contribution < 1.29 is 19.1 Å². The summed E-state index contributed by atoms with van der Waals surface area (Å²) < 4.78 is 10.6. The Hall–Kier alpha value is -2.44. The molecular weight excluding hydrogens is 250 g/mol. The molecule has 0 spiro atoms. The van der Waals surface area contributed by atoms with Gasteiger partial charge in [0, 0.05) is 12.1 Å². The number of hydrogen-bond acceptors (Lipinski definition) is 6. The summed E-state index contributed by atoms with van der Waals surface area (Å²) in [6.45, 7) is 3.62. The number of aryl methyl sites for hydroxylation is 2. The van der Waals surface area contributed by atoms with E-state index in [2.05, 4.69) is 15.2 Å². The van der Waals surface area contributed by atoms with Gasteiger partial charge in [-0.3, -0.25) is 0 Å². The monoisotopic (exact) mass is 263 g/mol. The number of pyridine rings is 1. The van der Waals surface area contributed by atoms with E-state index in [-0.39, 0.29) is 18.1 Å². The van der Waals surface area contributed by atoms with Crippen LogP contribution in [0, 0.1) is 6.92 Å². The smallest absolute Gasteiger partial charge is 0.358 e. The van der Waals surface area contributed by atoms with E-state index in [0.29, 0.717) is 23.9 Å². The molecule has 0 saturated heterocycles. The molecule has 100 valence electrons. The molecule has 2 rings (SSSR count). The van der Waals surface area contributed by atoms with Crippen molar-refractivity contribution in [3.63, 3.8) is 0 Å². The molecule has 0 amide bonds. The molecule has 0 atom stereocenters. The average molecular weight is 263 g/mol. The van der Waals surface area contributed by atoms with Crippen LogP contribution < -0.4 is 4.74 Å². The molecule has 0 radical (unpaired) electrons. The summed E-state index contributed by atoms with van der Waals surface area (Å²) in [5.41, 5.74) is 0.478. The highest BCUT2D eigenvalue weighted by Gasteiger charge is 2.14. The van der Waals surface area contributed by atoms with Gasteiger partial charge in [-0.15, -0.1) is 10.2 Å². The van der Waals surface area contributed by atoms with Crippen molar-refractivity contribution in [1.29, 1.82) is 0 Å². The third-order valence-corrected chi connectivity index (χ3v) is 2.36. The predicted molar refractivity (Wildman–Crippen MR) is 63.9 cm³/mol. The van der Waals surface area contributed by atoms with Crippen molar-refractivity contribution in [1.82, 2.24) is 15.2 Å². The number of carbonyl (C=O) groups is 1. The van der Waals surface area contributed by atoms with Crippen molar-refractivity contribution in [2.75, 3.05) is 0 Å². The maximum absolute atomic E-state index is 11.0. The number of nitrogens with zero attached hydrogens (tertiary/aromatic N) is 3. The van der Waals surface area contributed by atoms with Crippen LogP contribution in [0.2, 0.25) is 0 Å². The van der Waals surface area contributed by atoms with E-state index in [4.69, 9.17) is 14.3 Å². The fourth-order valence-corrected chi connectivity index (χ4v) is 1.44. The molecule has 0 unspecified atom stereocenters. The summed E-state index contributed by atoms with van der Waals surface area (Å²) in [4.78, 5) is 15.0. The van der Waals surface area contributed by atoms with Crippen LogP contribution >= 0.6 is 0 Å². The Balaban J connectivity index is 2.12. The van der Waals surface area contributed by atoms with Gasteiger partial charge in [0.25, 0.3) is 5.89 Å². The lowest BCUT2D eigenvalue weighted by molar-refractivity contribution is 0.0683. The molecule has 0 bridgehead atoms. The number of ether oxygens (including phenoxy) is 1. The maximum Gasteiger partial charge on any atom is 0.358 e. The van der Waals surface area contributed by atoms with Crippen LogP contribution in [-0.4, -0.2) is 26.3 Å². The maximum atomic E-state index is 11.0. The van der Waals surface area contributed by atoms with Gasteiger partial charge >= 0.3 is 5.97 Å². The Morgan fingerprint density at radius 3 is 2.74 bits per heavy atom. The molecule has 2 aromatic rings. The topological polar surface area (TPSA) is 98.3 Å². The summed E-state index contributed by atoms with van der Waals surface area (Å²) in [6, 6.07) is 3.23. The number of carboxylic acids is 1. The highest BCUT2D eigenvalue weighted by atomic mass is 16.5. The van der Waals surface area contributed by atoms with Crippen LogP contribution in [0.1, 0.15) is 34.9 Å². The first kappa shape index (κ1) is 13.0. The lowest BCUT2D eigenvalue weighted by Gasteiger charge is -2.06. The molecule has 0 fully saturated rings. The van der Waals surface area contributed by atoms with Crippen LogP contribution in [0.3, 0.4) is 0 Å². The van der Waals surface area contributed by atoms with Crippen LogP contribution in [0.25, 0.3) is 0 Å². The predicted octanol–water partition coefficient (Wildman–Crippen LogP) is 1.61. The van der Waals surface area contributed by atoms with Crippen LogP contribution in [-0.2, 0) is 13.0 Å². The van der Waals surface area contributed by atoms with Gasteiger partial charge in [0.05, 0.1) is 0 Å². The van der Waals surface area contributed by atoms with Gasteiger partial charge in [-0.2, -0.15) is 0 Å². The molecule has 0 aliphatic carbocycles. The second kappa shape index (κ2) is 5.47. The largest absolute Gasteiger partial charge is 0.481 e. The van der Waals surface area contributed by atoms with E-state index in [9.17, 15) is 4.79 Å². The first-order valence-corrected chi connectivity index (χ1v) is 5.75. The summed E-state index contributed by atoms with van der Waals surface area (Å²) in [5, 5.41) is 16.6. The van der Waals surface area contributed by atoms with Crippen LogP contribution in [0.4, 0.5) is 0 Å². The van der Waals surface area contributed by atoms with E-state index >= 15 is 0 Å². The normalized spacial score (nSPS) is 10.4. The summed E-state index contributed by atoms with van der Waals surface area (Å²) >= 11 is 0. The number of aromatic carboxylic acids is 1. The minimum atomic E-state index is -1.14. The van der Waals surface area contributed by atoms with Gasteiger partial charge in [0.2, 0.25) is 5.89 Å². The Bertz CT molecular complexity index is 594. The van der Waals surface area contributed by atoms with Crippen molar-refractivity contribution in [3.8, 4) is 5.75 Å². The quantitative estimate of drug-likeness (QED) is 0.874. The number of rotatable bonds is 5. The molecule has 0 aliphatic heterocycles. The molecule has 1 N–H and O–H groups in total. The number of carboxylic acid groups (broad SMARTS) is 1. The Kier molecular flexibility index (Phi) is 3.74. The molecule has 19 heavy (non-hydrogen) atoms. The van der Waals surface area contributed by atoms with Crippen molar-refractivity contribution >= 4 is 5.97 Å². The van der Waals surface area contributed by atoms with Gasteiger partial charge in [0.1, 0.15) is 0 Å². The molecular formula is C12H13N3O4. The van der Waals surface area contributed by atoms with Gasteiger partial charge in [-0.05, 0) is 19.1 Å². The zero-order chi connectivity index (χ0) is 13.8. The molecule has 7 nitrogen and oxygen atoms in total. The number of hydrogen-bond donors (Lipinski definition) is 1. The average Bonchev–Trinajstić information content (AvgIpc) is 2.85. The number of aromatic nitrogens is 3. The third kappa shape index (κ3) is 3.06. The minimum Gasteiger partial charge on any atom is -0.481 e. The molecule has 2 aromatic heterocycles. The Morgan fingerprint density at radius 1 is 1.37 bits per heavy atom. The fraction of sp³-hybridized carbons (Fsp3) is 0.333. The lowest BCUT2D eigenvalue weighted by atomic mass is 10.3. The molecule has 2 heterocycles. The van der Waals surface area contributed by atoms with E-state index in [1.165, 1.54) is 0 Å². The van der Waals surface area contributed by atoms with E-state index in [0.717, 1.165) is 0 Å². The van der Waals surface area contributed by atoms with Crippen LogP contribution in [0.5, 0.6) is 5.75 Å². The van der Waals surface area contributed by atoms with E-state index in [1.807, 2.05) is 6.92 Å². The highest BCUT2D eigenvalue weighted by molar-refractivity contribution is 5.88. The Labute approximate surface area is 109 Å². The zero-order valence-electron chi connectivity index (χ0n) is 10.6. The van der Waals surface area contributed by atoms with Crippen molar-refractivity contribution in [2.45, 2.75) is 26.9 Å². The zero-order valence-corrected chi connectivity index (χ0v) is 10.6. The SMILES string of the molecule is CCc1nnc(COc2ccc(C)nc2C(=O)O)o1. The third-order valence-electron chi connectivity index (χ3n) is 2.36. The highest BCUT2D eigenvalue weighted by Crippen LogP contribution is 2.18. The first-order chi connectivity index (χ1) is 9.10. The Morgan fingerprint density at radius 2 is 2.11 bits per heavy atom. The molecule has 7 heteroatoms. The first-order valence-electron chi connectivity index (χ1n) is 5.75. The fourth-order valence-electron chi connectivity index (χ4n) is 1.44. The van der Waals surface area contributed by atoms with Crippen LogP contribution in [0.15, 0.2) is 16.5 Å².